The molecule has 0 radical (unpaired) electrons. The van der Waals surface area contributed by atoms with Gasteiger partial charge in [0.1, 0.15) is 0 Å². The van der Waals surface area contributed by atoms with Crippen LogP contribution in [0, 0.1) is 0 Å². The van der Waals surface area contributed by atoms with Crippen molar-refractivity contribution in [3.63, 3.8) is 0 Å². The fraction of sp³-hybridized carbons (Fsp3) is 0.200. The molecule has 0 fully saturated rings. The van der Waals surface area contributed by atoms with Gasteiger partial charge in [-0.2, -0.15) is 13.2 Å². The lowest BCUT2D eigenvalue weighted by Crippen LogP contribution is -2.28. The molecule has 2 rings (SSSR count). The lowest BCUT2D eigenvalue weighted by molar-refractivity contribution is -0.105. The predicted octanol–water partition coefficient (Wildman–Crippen LogP) is 4.06. The molecule has 0 saturated carbocycles. The zero-order chi connectivity index (χ0) is 16.7. The average Bonchev–Trinajstić information content (AvgIpc) is 2.52. The van der Waals surface area contributed by atoms with E-state index in [1.807, 2.05) is 0 Å². The lowest BCUT2D eigenvalue weighted by Gasteiger charge is -2.12. The van der Waals surface area contributed by atoms with Crippen LogP contribution in [0.4, 0.5) is 23.7 Å². The number of aromatic nitrogens is 1. The Balaban J connectivity index is 1.92. The van der Waals surface area contributed by atoms with E-state index < -0.39 is 18.0 Å². The number of amides is 2. The highest BCUT2D eigenvalue weighted by molar-refractivity contribution is 7.99. The monoisotopic (exact) mass is 341 g/mol. The summed E-state index contributed by atoms with van der Waals surface area (Å²) in [5.74, 6) is -1.01. The molecule has 0 spiro atoms. The number of nitrogens with zero attached hydrogens (tertiary/aromatic N) is 1. The molecular weight excluding hydrogens is 327 g/mol. The molecule has 2 amide bonds. The average molecular weight is 341 g/mol. The highest BCUT2D eigenvalue weighted by atomic mass is 32.2. The zero-order valence-corrected chi connectivity index (χ0v) is 12.7. The Labute approximate surface area is 135 Å². The molecule has 1 aromatic carbocycles. The quantitative estimate of drug-likeness (QED) is 0.807. The van der Waals surface area contributed by atoms with Gasteiger partial charge in [-0.15, -0.1) is 11.8 Å². The molecule has 0 saturated heterocycles. The van der Waals surface area contributed by atoms with Gasteiger partial charge in [0.2, 0.25) is 0 Å². The number of alkyl halides is 3. The normalized spacial score (nSPS) is 11.1. The molecule has 2 aromatic rings. The number of carbonyl (C=O) groups excluding carboxylic acids is 1. The van der Waals surface area contributed by atoms with Crippen molar-refractivity contribution >= 4 is 23.5 Å². The molecule has 1 aromatic heterocycles. The van der Waals surface area contributed by atoms with E-state index in [1.165, 1.54) is 6.07 Å². The molecular formula is C15H14F3N3OS. The maximum absolute atomic E-state index is 12.3. The summed E-state index contributed by atoms with van der Waals surface area (Å²) in [6.45, 7) is 0.227. The minimum Gasteiger partial charge on any atom is -0.332 e. The highest BCUT2D eigenvalue weighted by Crippen LogP contribution is 2.31. The number of thioether (sulfide) groups is 1. The minimum absolute atomic E-state index is 0.227. The first kappa shape index (κ1) is 17.1. The van der Waals surface area contributed by atoms with Crippen LogP contribution in [0.5, 0.6) is 0 Å². The molecule has 23 heavy (non-hydrogen) atoms. The number of anilines is 1. The Hall–Kier alpha value is -2.22. The fourth-order valence-electron chi connectivity index (χ4n) is 1.70. The maximum Gasteiger partial charge on any atom is 0.398 e. The molecule has 2 N–H and O–H groups in total. The van der Waals surface area contributed by atoms with E-state index >= 15 is 0 Å². The molecule has 4 nitrogen and oxygen atoms in total. The second kappa shape index (κ2) is 7.87. The van der Waals surface area contributed by atoms with Crippen LogP contribution in [0.25, 0.3) is 0 Å². The van der Waals surface area contributed by atoms with Gasteiger partial charge in [0.25, 0.3) is 0 Å². The molecule has 122 valence electrons. The SMILES string of the molecule is O=C(NCc1ccccn1)Nc1ccccc1SCC(F)(F)F. The second-order valence-electron chi connectivity index (χ2n) is 4.53. The molecule has 0 aliphatic heterocycles. The summed E-state index contributed by atoms with van der Waals surface area (Å²) in [6, 6.07) is 11.2. The van der Waals surface area contributed by atoms with Gasteiger partial charge < -0.3 is 10.6 Å². The van der Waals surface area contributed by atoms with Gasteiger partial charge in [-0.3, -0.25) is 4.98 Å². The van der Waals surface area contributed by atoms with E-state index in [0.717, 1.165) is 0 Å². The number of pyridine rings is 1. The van der Waals surface area contributed by atoms with Crippen molar-refractivity contribution in [3.05, 3.63) is 54.4 Å². The Morgan fingerprint density at radius 3 is 2.57 bits per heavy atom. The third-order valence-corrected chi connectivity index (χ3v) is 3.82. The Morgan fingerprint density at radius 2 is 1.87 bits per heavy atom. The largest absolute Gasteiger partial charge is 0.398 e. The second-order valence-corrected chi connectivity index (χ2v) is 5.55. The van der Waals surface area contributed by atoms with Gasteiger partial charge in [-0.1, -0.05) is 18.2 Å². The van der Waals surface area contributed by atoms with Crippen molar-refractivity contribution in [1.29, 1.82) is 0 Å². The number of urea groups is 1. The van der Waals surface area contributed by atoms with Gasteiger partial charge in [0.15, 0.2) is 0 Å². The van der Waals surface area contributed by atoms with E-state index in [-0.39, 0.29) is 6.54 Å². The molecule has 0 bridgehead atoms. The first-order chi connectivity index (χ1) is 10.9. The van der Waals surface area contributed by atoms with E-state index in [0.29, 0.717) is 28.0 Å². The summed E-state index contributed by atoms with van der Waals surface area (Å²) in [7, 11) is 0. The van der Waals surface area contributed by atoms with Crippen molar-refractivity contribution in [2.75, 3.05) is 11.1 Å². The van der Waals surface area contributed by atoms with Gasteiger partial charge in [0, 0.05) is 11.1 Å². The molecule has 0 atom stereocenters. The van der Waals surface area contributed by atoms with Crippen molar-refractivity contribution in [2.45, 2.75) is 17.6 Å². The molecule has 0 unspecified atom stereocenters. The Kier molecular flexibility index (Phi) is 5.86. The summed E-state index contributed by atoms with van der Waals surface area (Å²) >= 11 is 0.631. The van der Waals surface area contributed by atoms with Crippen LogP contribution in [-0.4, -0.2) is 22.9 Å². The van der Waals surface area contributed by atoms with Crippen molar-refractivity contribution < 1.29 is 18.0 Å². The number of para-hydroxylation sites is 1. The molecule has 0 aliphatic carbocycles. The van der Waals surface area contributed by atoms with Gasteiger partial charge in [-0.05, 0) is 24.3 Å². The highest BCUT2D eigenvalue weighted by Gasteiger charge is 2.27. The van der Waals surface area contributed by atoms with Crippen molar-refractivity contribution in [3.8, 4) is 0 Å². The number of hydrogen-bond donors (Lipinski definition) is 2. The Bertz CT molecular complexity index is 650. The smallest absolute Gasteiger partial charge is 0.332 e. The maximum atomic E-state index is 12.3. The van der Waals surface area contributed by atoms with Crippen LogP contribution in [-0.2, 0) is 6.54 Å². The minimum atomic E-state index is -4.26. The van der Waals surface area contributed by atoms with Crippen molar-refractivity contribution in [1.82, 2.24) is 10.3 Å². The first-order valence-electron chi connectivity index (χ1n) is 6.67. The number of hydrogen-bond acceptors (Lipinski definition) is 3. The number of nitrogens with one attached hydrogen (secondary N) is 2. The molecule has 8 heteroatoms. The number of rotatable bonds is 5. The Morgan fingerprint density at radius 1 is 1.13 bits per heavy atom. The number of benzene rings is 1. The summed E-state index contributed by atoms with van der Waals surface area (Å²) < 4.78 is 36.9. The number of carbonyl (C=O) groups is 1. The van der Waals surface area contributed by atoms with Crippen LogP contribution in [0.2, 0.25) is 0 Å². The summed E-state index contributed by atoms with van der Waals surface area (Å²) in [5.41, 5.74) is 1.02. The third kappa shape index (κ3) is 6.19. The molecule has 0 aliphatic rings. The van der Waals surface area contributed by atoms with Crippen LogP contribution >= 0.6 is 11.8 Å². The first-order valence-corrected chi connectivity index (χ1v) is 7.66. The van der Waals surface area contributed by atoms with E-state index in [2.05, 4.69) is 15.6 Å². The van der Waals surface area contributed by atoms with Crippen LogP contribution in [0.3, 0.4) is 0 Å². The lowest BCUT2D eigenvalue weighted by atomic mass is 10.3. The van der Waals surface area contributed by atoms with Gasteiger partial charge >= 0.3 is 12.2 Å². The van der Waals surface area contributed by atoms with Crippen LogP contribution in [0.1, 0.15) is 5.69 Å². The molecule has 1 heterocycles. The van der Waals surface area contributed by atoms with Crippen LogP contribution < -0.4 is 10.6 Å². The summed E-state index contributed by atoms with van der Waals surface area (Å²) in [6.07, 6.45) is -2.66. The third-order valence-electron chi connectivity index (χ3n) is 2.68. The standard InChI is InChI=1S/C15H14F3N3OS/c16-15(17,18)10-23-13-7-2-1-6-12(13)21-14(22)20-9-11-5-3-4-8-19-11/h1-8H,9-10H2,(H2,20,21,22). The summed E-state index contributed by atoms with van der Waals surface area (Å²) in [4.78, 5) is 16.3. The zero-order valence-electron chi connectivity index (χ0n) is 11.9. The topological polar surface area (TPSA) is 54.0 Å². The van der Waals surface area contributed by atoms with Gasteiger partial charge in [0.05, 0.1) is 23.7 Å². The number of halogens is 3. The van der Waals surface area contributed by atoms with E-state index in [9.17, 15) is 18.0 Å². The van der Waals surface area contributed by atoms with Gasteiger partial charge in [-0.25, -0.2) is 4.79 Å². The predicted molar refractivity (Wildman–Crippen MR) is 83.3 cm³/mol. The van der Waals surface area contributed by atoms with Crippen molar-refractivity contribution in [2.24, 2.45) is 0 Å². The summed E-state index contributed by atoms with van der Waals surface area (Å²) in [5, 5.41) is 5.15. The fourth-order valence-corrected chi connectivity index (χ4v) is 2.46. The van der Waals surface area contributed by atoms with Crippen LogP contribution in [0.15, 0.2) is 53.6 Å². The van der Waals surface area contributed by atoms with E-state index in [4.69, 9.17) is 0 Å². The van der Waals surface area contributed by atoms with E-state index in [1.54, 1.807) is 42.6 Å².